The predicted octanol–water partition coefficient (Wildman–Crippen LogP) is 1.55. The lowest BCUT2D eigenvalue weighted by atomic mass is 9.78. The van der Waals surface area contributed by atoms with E-state index in [1.807, 2.05) is 6.92 Å². The molecule has 0 saturated carbocycles. The maximum atomic E-state index is 11.6. The molecule has 0 radical (unpaired) electrons. The Balaban J connectivity index is 5.19. The Morgan fingerprint density at radius 1 is 1.20 bits per heavy atom. The molecule has 0 amide bonds. The number of esters is 2. The lowest BCUT2D eigenvalue weighted by Gasteiger charge is -2.27. The number of ether oxygens (including phenoxy) is 2. The zero-order chi connectivity index (χ0) is 12.1. The van der Waals surface area contributed by atoms with Crippen molar-refractivity contribution in [1.29, 1.82) is 0 Å². The van der Waals surface area contributed by atoms with E-state index in [9.17, 15) is 9.59 Å². The maximum Gasteiger partial charge on any atom is 0.323 e. The molecule has 0 fully saturated rings. The monoisotopic (exact) mass is 214 g/mol. The number of rotatable bonds is 4. The van der Waals surface area contributed by atoms with Crippen LogP contribution in [0.5, 0.6) is 0 Å². The smallest absolute Gasteiger partial charge is 0.323 e. The van der Waals surface area contributed by atoms with E-state index < -0.39 is 17.4 Å². The Morgan fingerprint density at radius 2 is 1.60 bits per heavy atom. The minimum atomic E-state index is -1.28. The Bertz CT molecular complexity index is 252. The summed E-state index contributed by atoms with van der Waals surface area (Å²) in [5.74, 6) is -1.44. The molecule has 0 aromatic heterocycles. The van der Waals surface area contributed by atoms with Crippen molar-refractivity contribution in [3.8, 4) is 0 Å². The molecule has 0 aromatic rings. The highest BCUT2D eigenvalue weighted by molar-refractivity contribution is 6.00. The van der Waals surface area contributed by atoms with Crippen molar-refractivity contribution in [1.82, 2.24) is 0 Å². The SMILES string of the molecule is C/C=C/[C@H](C)C(C)(C(=O)OC)C(=O)OC. The van der Waals surface area contributed by atoms with Crippen LogP contribution >= 0.6 is 0 Å². The summed E-state index contributed by atoms with van der Waals surface area (Å²) in [6.07, 6.45) is 3.56. The van der Waals surface area contributed by atoms with E-state index in [2.05, 4.69) is 9.47 Å². The van der Waals surface area contributed by atoms with E-state index in [0.29, 0.717) is 0 Å². The van der Waals surface area contributed by atoms with Gasteiger partial charge in [-0.05, 0) is 13.8 Å². The maximum absolute atomic E-state index is 11.6. The van der Waals surface area contributed by atoms with Crippen LogP contribution in [-0.4, -0.2) is 26.2 Å². The summed E-state index contributed by atoms with van der Waals surface area (Å²) in [5.41, 5.74) is -1.28. The fourth-order valence-corrected chi connectivity index (χ4v) is 1.36. The third kappa shape index (κ3) is 2.58. The first-order chi connectivity index (χ1) is 6.94. The number of carbonyl (C=O) groups excluding carboxylic acids is 2. The first kappa shape index (κ1) is 13.7. The standard InChI is InChI=1S/C11H18O4/c1-6-7-8(2)11(3,9(12)14-4)10(13)15-5/h6-8H,1-5H3/b7-6+/t8-/m0/s1. The van der Waals surface area contributed by atoms with Gasteiger partial charge in [0.1, 0.15) is 0 Å². The van der Waals surface area contributed by atoms with Crippen molar-refractivity contribution in [2.45, 2.75) is 20.8 Å². The minimum absolute atomic E-state index is 0.276. The molecule has 0 rings (SSSR count). The summed E-state index contributed by atoms with van der Waals surface area (Å²) in [4.78, 5) is 23.2. The first-order valence-electron chi connectivity index (χ1n) is 4.74. The second-order valence-electron chi connectivity index (χ2n) is 3.50. The van der Waals surface area contributed by atoms with E-state index in [1.165, 1.54) is 21.1 Å². The predicted molar refractivity (Wildman–Crippen MR) is 56.1 cm³/mol. The molecule has 1 atom stereocenters. The van der Waals surface area contributed by atoms with Crippen molar-refractivity contribution in [2.75, 3.05) is 14.2 Å². The van der Waals surface area contributed by atoms with Crippen LogP contribution in [0.1, 0.15) is 20.8 Å². The van der Waals surface area contributed by atoms with Gasteiger partial charge in [-0.3, -0.25) is 9.59 Å². The van der Waals surface area contributed by atoms with Gasteiger partial charge in [0.25, 0.3) is 0 Å². The Labute approximate surface area is 90.2 Å². The highest BCUT2D eigenvalue weighted by atomic mass is 16.5. The molecule has 0 unspecified atom stereocenters. The molecule has 4 heteroatoms. The Kier molecular flexibility index (Phi) is 5.05. The molecule has 0 N–H and O–H groups in total. The van der Waals surface area contributed by atoms with Crippen LogP contribution in [0, 0.1) is 11.3 Å². The number of methoxy groups -OCH3 is 2. The zero-order valence-corrected chi connectivity index (χ0v) is 9.87. The van der Waals surface area contributed by atoms with E-state index in [1.54, 1.807) is 19.1 Å². The third-order valence-corrected chi connectivity index (χ3v) is 2.61. The molecule has 0 bridgehead atoms. The summed E-state index contributed by atoms with van der Waals surface area (Å²) in [7, 11) is 2.51. The summed E-state index contributed by atoms with van der Waals surface area (Å²) >= 11 is 0. The molecule has 0 heterocycles. The molecule has 0 aliphatic heterocycles. The molecule has 15 heavy (non-hydrogen) atoms. The van der Waals surface area contributed by atoms with Crippen LogP contribution in [0.3, 0.4) is 0 Å². The van der Waals surface area contributed by atoms with Crippen molar-refractivity contribution < 1.29 is 19.1 Å². The van der Waals surface area contributed by atoms with Gasteiger partial charge in [0, 0.05) is 5.92 Å². The van der Waals surface area contributed by atoms with Crippen LogP contribution in [0.15, 0.2) is 12.2 Å². The van der Waals surface area contributed by atoms with Crippen molar-refractivity contribution >= 4 is 11.9 Å². The van der Waals surface area contributed by atoms with Crippen molar-refractivity contribution in [3.05, 3.63) is 12.2 Å². The number of hydrogen-bond acceptors (Lipinski definition) is 4. The third-order valence-electron chi connectivity index (χ3n) is 2.61. The summed E-state index contributed by atoms with van der Waals surface area (Å²) in [6, 6.07) is 0. The number of allylic oxidation sites excluding steroid dienone is 2. The van der Waals surface area contributed by atoms with Gasteiger partial charge in [-0.25, -0.2) is 0 Å². The lowest BCUT2D eigenvalue weighted by molar-refractivity contribution is -0.170. The van der Waals surface area contributed by atoms with E-state index in [4.69, 9.17) is 0 Å². The van der Waals surface area contributed by atoms with E-state index >= 15 is 0 Å². The van der Waals surface area contributed by atoms with Crippen LogP contribution in [0.4, 0.5) is 0 Å². The minimum Gasteiger partial charge on any atom is -0.468 e. The molecular formula is C11H18O4. The van der Waals surface area contributed by atoms with Crippen LogP contribution in [0.25, 0.3) is 0 Å². The summed E-state index contributed by atoms with van der Waals surface area (Å²) in [6.45, 7) is 5.12. The molecule has 0 aliphatic carbocycles. The molecule has 0 saturated heterocycles. The molecule has 0 aromatic carbocycles. The van der Waals surface area contributed by atoms with Crippen LogP contribution < -0.4 is 0 Å². The summed E-state index contributed by atoms with van der Waals surface area (Å²) < 4.78 is 9.26. The van der Waals surface area contributed by atoms with Gasteiger partial charge in [-0.1, -0.05) is 19.1 Å². The van der Waals surface area contributed by atoms with Crippen LogP contribution in [-0.2, 0) is 19.1 Å². The van der Waals surface area contributed by atoms with Gasteiger partial charge in [0.2, 0.25) is 0 Å². The Hall–Kier alpha value is -1.32. The fourth-order valence-electron chi connectivity index (χ4n) is 1.36. The van der Waals surface area contributed by atoms with E-state index in [0.717, 1.165) is 0 Å². The number of carbonyl (C=O) groups is 2. The zero-order valence-electron chi connectivity index (χ0n) is 9.87. The molecular weight excluding hydrogens is 196 g/mol. The average Bonchev–Trinajstić information content (AvgIpc) is 2.25. The van der Waals surface area contributed by atoms with Gasteiger partial charge in [0.15, 0.2) is 5.41 Å². The van der Waals surface area contributed by atoms with Crippen molar-refractivity contribution in [2.24, 2.45) is 11.3 Å². The highest BCUT2D eigenvalue weighted by Crippen LogP contribution is 2.31. The highest BCUT2D eigenvalue weighted by Gasteiger charge is 2.47. The molecule has 0 spiro atoms. The quantitative estimate of drug-likeness (QED) is 0.405. The molecule has 86 valence electrons. The van der Waals surface area contributed by atoms with Crippen LogP contribution in [0.2, 0.25) is 0 Å². The van der Waals surface area contributed by atoms with Gasteiger partial charge in [-0.15, -0.1) is 0 Å². The largest absolute Gasteiger partial charge is 0.468 e. The van der Waals surface area contributed by atoms with Gasteiger partial charge >= 0.3 is 11.9 Å². The Morgan fingerprint density at radius 3 is 1.87 bits per heavy atom. The van der Waals surface area contributed by atoms with Gasteiger partial charge in [0.05, 0.1) is 14.2 Å². The normalized spacial score (nSPS) is 13.7. The number of hydrogen-bond donors (Lipinski definition) is 0. The molecule has 0 aliphatic rings. The van der Waals surface area contributed by atoms with Gasteiger partial charge < -0.3 is 9.47 Å². The fraction of sp³-hybridized carbons (Fsp3) is 0.636. The summed E-state index contributed by atoms with van der Waals surface area (Å²) in [5, 5.41) is 0. The second kappa shape index (κ2) is 5.53. The van der Waals surface area contributed by atoms with E-state index in [-0.39, 0.29) is 5.92 Å². The second-order valence-corrected chi connectivity index (χ2v) is 3.50. The van der Waals surface area contributed by atoms with Gasteiger partial charge in [-0.2, -0.15) is 0 Å². The average molecular weight is 214 g/mol. The first-order valence-corrected chi connectivity index (χ1v) is 4.74. The molecule has 4 nitrogen and oxygen atoms in total. The van der Waals surface area contributed by atoms with Crippen molar-refractivity contribution in [3.63, 3.8) is 0 Å². The lowest BCUT2D eigenvalue weighted by Crippen LogP contribution is -2.43. The topological polar surface area (TPSA) is 52.6 Å².